The first-order chi connectivity index (χ1) is 8.54. The first-order valence-corrected chi connectivity index (χ1v) is 6.62. The van der Waals surface area contributed by atoms with Gasteiger partial charge in [0.05, 0.1) is 12.2 Å². The predicted octanol–water partition coefficient (Wildman–Crippen LogP) is 1.49. The van der Waals surface area contributed by atoms with Crippen LogP contribution in [0.4, 0.5) is 5.82 Å². The summed E-state index contributed by atoms with van der Waals surface area (Å²) >= 11 is 0. The van der Waals surface area contributed by atoms with Crippen molar-refractivity contribution < 1.29 is 10.2 Å². The minimum absolute atomic E-state index is 0.0497. The Bertz CT molecular complexity index is 386. The molecule has 4 heteroatoms. The molecule has 0 unspecified atom stereocenters. The molecule has 4 nitrogen and oxygen atoms in total. The van der Waals surface area contributed by atoms with Crippen LogP contribution in [0.15, 0.2) is 12.1 Å². The van der Waals surface area contributed by atoms with Crippen molar-refractivity contribution in [3.05, 3.63) is 23.4 Å². The van der Waals surface area contributed by atoms with Gasteiger partial charge in [-0.05, 0) is 43.9 Å². The molecule has 0 atom stereocenters. The highest BCUT2D eigenvalue weighted by molar-refractivity contribution is 5.43. The van der Waals surface area contributed by atoms with Gasteiger partial charge in [0, 0.05) is 18.8 Å². The maximum atomic E-state index is 9.95. The number of aromatic nitrogens is 1. The molecule has 1 aliphatic heterocycles. The Kier molecular flexibility index (Phi) is 3.88. The molecule has 1 fully saturated rings. The van der Waals surface area contributed by atoms with Crippen LogP contribution >= 0.6 is 0 Å². The number of nitrogens with zero attached hydrogens (tertiary/aromatic N) is 2. The molecule has 0 bridgehead atoms. The summed E-state index contributed by atoms with van der Waals surface area (Å²) in [6.07, 6.45) is 2.39. The summed E-state index contributed by atoms with van der Waals surface area (Å²) in [6.45, 7) is 5.64. The van der Waals surface area contributed by atoms with Gasteiger partial charge in [-0.1, -0.05) is 6.92 Å². The average molecular weight is 250 g/mol. The molecule has 2 heterocycles. The van der Waals surface area contributed by atoms with Crippen LogP contribution in [0.1, 0.15) is 37.9 Å². The van der Waals surface area contributed by atoms with Gasteiger partial charge in [-0.25, -0.2) is 4.98 Å². The number of hydrogen-bond acceptors (Lipinski definition) is 4. The maximum absolute atomic E-state index is 9.95. The highest BCUT2D eigenvalue weighted by Gasteiger charge is 2.28. The lowest BCUT2D eigenvalue weighted by molar-refractivity contribution is 0.0350. The predicted molar refractivity (Wildman–Crippen MR) is 71.6 cm³/mol. The fourth-order valence-corrected chi connectivity index (χ4v) is 2.29. The van der Waals surface area contributed by atoms with Crippen LogP contribution in [0.25, 0.3) is 0 Å². The minimum atomic E-state index is -0.543. The van der Waals surface area contributed by atoms with Crippen LogP contribution in [0.2, 0.25) is 0 Å². The van der Waals surface area contributed by atoms with Crippen LogP contribution in [0.5, 0.6) is 0 Å². The number of pyridine rings is 1. The van der Waals surface area contributed by atoms with Gasteiger partial charge in [-0.2, -0.15) is 0 Å². The number of aryl methyl sites for hydroxylation is 1. The third kappa shape index (κ3) is 3.00. The van der Waals surface area contributed by atoms with Crippen LogP contribution in [-0.4, -0.2) is 33.9 Å². The Labute approximate surface area is 108 Å². The fraction of sp³-hybridized carbons (Fsp3) is 0.643. The van der Waals surface area contributed by atoms with Crippen LogP contribution in [0, 0.1) is 0 Å². The second-order valence-corrected chi connectivity index (χ2v) is 5.32. The van der Waals surface area contributed by atoms with Gasteiger partial charge in [0.1, 0.15) is 5.82 Å². The number of aliphatic hydroxyl groups excluding tert-OH is 1. The van der Waals surface area contributed by atoms with E-state index in [1.165, 1.54) is 0 Å². The normalized spacial score (nSPS) is 19.0. The van der Waals surface area contributed by atoms with Gasteiger partial charge in [0.25, 0.3) is 0 Å². The zero-order valence-electron chi connectivity index (χ0n) is 11.2. The molecule has 0 amide bonds. The van der Waals surface area contributed by atoms with E-state index in [0.29, 0.717) is 0 Å². The molecule has 0 saturated carbocycles. The van der Waals surface area contributed by atoms with E-state index in [9.17, 15) is 10.2 Å². The molecule has 1 aromatic heterocycles. The molecule has 0 aromatic carbocycles. The SMILES string of the molecule is CCc1cc(CO)cc(N2CCC(C)(O)CC2)n1. The lowest BCUT2D eigenvalue weighted by Gasteiger charge is -2.36. The fourth-order valence-electron chi connectivity index (χ4n) is 2.29. The van der Waals surface area contributed by atoms with E-state index < -0.39 is 5.60 Å². The summed E-state index contributed by atoms with van der Waals surface area (Å²) in [6, 6.07) is 3.89. The average Bonchev–Trinajstić information content (AvgIpc) is 2.38. The summed E-state index contributed by atoms with van der Waals surface area (Å²) in [5.74, 6) is 0.925. The van der Waals surface area contributed by atoms with E-state index in [-0.39, 0.29) is 6.61 Å². The smallest absolute Gasteiger partial charge is 0.129 e. The lowest BCUT2D eigenvalue weighted by atomic mass is 9.94. The standard InChI is InChI=1S/C14H22N2O2/c1-3-12-8-11(10-17)9-13(15-12)16-6-4-14(2,18)5-7-16/h8-9,17-18H,3-7,10H2,1-2H3. The maximum Gasteiger partial charge on any atom is 0.129 e. The molecule has 2 N–H and O–H groups in total. The second-order valence-electron chi connectivity index (χ2n) is 5.32. The molecule has 1 saturated heterocycles. The Morgan fingerprint density at radius 1 is 1.33 bits per heavy atom. The number of aliphatic hydroxyl groups is 2. The highest BCUT2D eigenvalue weighted by atomic mass is 16.3. The third-order valence-corrected chi connectivity index (χ3v) is 3.63. The second kappa shape index (κ2) is 5.24. The highest BCUT2D eigenvalue weighted by Crippen LogP contribution is 2.25. The molecule has 18 heavy (non-hydrogen) atoms. The van der Waals surface area contributed by atoms with E-state index in [1.807, 2.05) is 19.1 Å². The first-order valence-electron chi connectivity index (χ1n) is 6.62. The molecule has 2 rings (SSSR count). The number of rotatable bonds is 3. The zero-order valence-corrected chi connectivity index (χ0v) is 11.2. The van der Waals surface area contributed by atoms with E-state index in [2.05, 4.69) is 16.8 Å². The molecule has 100 valence electrons. The summed E-state index contributed by atoms with van der Waals surface area (Å²) in [4.78, 5) is 6.80. The Balaban J connectivity index is 2.18. The molecule has 0 spiro atoms. The van der Waals surface area contributed by atoms with Gasteiger partial charge >= 0.3 is 0 Å². The summed E-state index contributed by atoms with van der Waals surface area (Å²) in [5.41, 5.74) is 1.38. The Morgan fingerprint density at radius 2 is 2.00 bits per heavy atom. The van der Waals surface area contributed by atoms with E-state index >= 15 is 0 Å². The molecule has 1 aromatic rings. The van der Waals surface area contributed by atoms with E-state index in [1.54, 1.807) is 0 Å². The van der Waals surface area contributed by atoms with Gasteiger partial charge in [0.2, 0.25) is 0 Å². The summed E-state index contributed by atoms with van der Waals surface area (Å²) < 4.78 is 0. The summed E-state index contributed by atoms with van der Waals surface area (Å²) in [7, 11) is 0. The third-order valence-electron chi connectivity index (χ3n) is 3.63. The number of hydrogen-bond donors (Lipinski definition) is 2. The zero-order chi connectivity index (χ0) is 13.2. The van der Waals surface area contributed by atoms with Gasteiger partial charge < -0.3 is 15.1 Å². The minimum Gasteiger partial charge on any atom is -0.392 e. The molecule has 0 aliphatic carbocycles. The summed E-state index contributed by atoms with van der Waals surface area (Å²) in [5, 5.41) is 19.2. The molecule has 0 radical (unpaired) electrons. The van der Waals surface area contributed by atoms with Gasteiger partial charge in [-0.3, -0.25) is 0 Å². The van der Waals surface area contributed by atoms with Crippen LogP contribution < -0.4 is 4.90 Å². The van der Waals surface area contributed by atoms with Crippen LogP contribution in [-0.2, 0) is 13.0 Å². The van der Waals surface area contributed by atoms with Gasteiger partial charge in [-0.15, -0.1) is 0 Å². The van der Waals surface area contributed by atoms with Crippen molar-refractivity contribution in [3.63, 3.8) is 0 Å². The number of anilines is 1. The topological polar surface area (TPSA) is 56.6 Å². The largest absolute Gasteiger partial charge is 0.392 e. The Morgan fingerprint density at radius 3 is 2.56 bits per heavy atom. The molecular weight excluding hydrogens is 228 g/mol. The lowest BCUT2D eigenvalue weighted by Crippen LogP contribution is -2.42. The van der Waals surface area contributed by atoms with E-state index in [0.717, 1.165) is 49.4 Å². The van der Waals surface area contributed by atoms with Crippen molar-refractivity contribution in [1.82, 2.24) is 4.98 Å². The first kappa shape index (κ1) is 13.3. The molecular formula is C14H22N2O2. The van der Waals surface area contributed by atoms with Crippen molar-refractivity contribution in [1.29, 1.82) is 0 Å². The quantitative estimate of drug-likeness (QED) is 0.853. The number of piperidine rings is 1. The van der Waals surface area contributed by atoms with Gasteiger partial charge in [0.15, 0.2) is 0 Å². The van der Waals surface area contributed by atoms with Crippen molar-refractivity contribution >= 4 is 5.82 Å². The monoisotopic (exact) mass is 250 g/mol. The van der Waals surface area contributed by atoms with Crippen LogP contribution in [0.3, 0.4) is 0 Å². The Hall–Kier alpha value is -1.13. The van der Waals surface area contributed by atoms with Crippen molar-refractivity contribution in [2.75, 3.05) is 18.0 Å². The van der Waals surface area contributed by atoms with Crippen molar-refractivity contribution in [3.8, 4) is 0 Å². The van der Waals surface area contributed by atoms with Crippen molar-refractivity contribution in [2.24, 2.45) is 0 Å². The van der Waals surface area contributed by atoms with E-state index in [4.69, 9.17) is 0 Å². The molecule has 1 aliphatic rings. The van der Waals surface area contributed by atoms with Crippen molar-refractivity contribution in [2.45, 2.75) is 45.3 Å².